The molecule has 2 aromatic carbocycles. The molecule has 0 bridgehead atoms. The summed E-state index contributed by atoms with van der Waals surface area (Å²) in [5.74, 6) is -0.0735. The summed E-state index contributed by atoms with van der Waals surface area (Å²) in [5.41, 5.74) is 11.1. The highest BCUT2D eigenvalue weighted by Gasteiger charge is 2.37. The number of hydrogen-bond acceptors (Lipinski definition) is 4. The largest absolute Gasteiger partial charge is 0.271 e. The van der Waals surface area contributed by atoms with Crippen molar-refractivity contribution >= 4 is 34.1 Å². The van der Waals surface area contributed by atoms with Gasteiger partial charge < -0.3 is 0 Å². The second-order valence-electron chi connectivity index (χ2n) is 6.19. The van der Waals surface area contributed by atoms with E-state index in [-0.39, 0.29) is 23.9 Å². The SMILES string of the molecule is CC1C(C(=O)N/N=C/C(Br)=C/c2ccccc2)NNC1c1ccccc1. The summed E-state index contributed by atoms with van der Waals surface area (Å²) in [5, 5.41) is 4.04. The first kappa shape index (κ1) is 18.5. The van der Waals surface area contributed by atoms with Gasteiger partial charge in [0.2, 0.25) is 0 Å². The molecule has 3 atom stereocenters. The van der Waals surface area contributed by atoms with Crippen LogP contribution in [0.3, 0.4) is 0 Å². The monoisotopic (exact) mass is 412 g/mol. The van der Waals surface area contributed by atoms with E-state index in [1.807, 2.05) is 61.5 Å². The number of nitrogens with zero attached hydrogens (tertiary/aromatic N) is 1. The fourth-order valence-corrected chi connectivity index (χ4v) is 3.33. The zero-order valence-corrected chi connectivity index (χ0v) is 16.0. The first-order chi connectivity index (χ1) is 12.6. The number of nitrogens with one attached hydrogen (secondary N) is 3. The Balaban J connectivity index is 1.56. The van der Waals surface area contributed by atoms with Gasteiger partial charge >= 0.3 is 0 Å². The van der Waals surface area contributed by atoms with Gasteiger partial charge in [0.15, 0.2) is 0 Å². The summed E-state index contributed by atoms with van der Waals surface area (Å²) in [4.78, 5) is 12.4. The second kappa shape index (κ2) is 8.89. The fraction of sp³-hybridized carbons (Fsp3) is 0.200. The highest BCUT2D eigenvalue weighted by Crippen LogP contribution is 2.28. The Kier molecular flexibility index (Phi) is 6.33. The van der Waals surface area contributed by atoms with E-state index in [1.165, 1.54) is 0 Å². The van der Waals surface area contributed by atoms with Crippen molar-refractivity contribution in [2.75, 3.05) is 0 Å². The van der Waals surface area contributed by atoms with Gasteiger partial charge in [0.05, 0.1) is 12.3 Å². The van der Waals surface area contributed by atoms with Crippen LogP contribution in [0.15, 0.2) is 70.2 Å². The predicted molar refractivity (Wildman–Crippen MR) is 108 cm³/mol. The van der Waals surface area contributed by atoms with Gasteiger partial charge in [-0.15, -0.1) is 0 Å². The molecule has 0 saturated carbocycles. The summed E-state index contributed by atoms with van der Waals surface area (Å²) < 4.78 is 0.775. The van der Waals surface area contributed by atoms with Crippen LogP contribution in [0.5, 0.6) is 0 Å². The van der Waals surface area contributed by atoms with Gasteiger partial charge in [0.1, 0.15) is 6.04 Å². The molecule has 1 saturated heterocycles. The minimum Gasteiger partial charge on any atom is -0.271 e. The number of halogens is 1. The van der Waals surface area contributed by atoms with Crippen molar-refractivity contribution < 1.29 is 4.79 Å². The van der Waals surface area contributed by atoms with Crippen LogP contribution in [0.4, 0.5) is 0 Å². The average Bonchev–Trinajstić information content (AvgIpc) is 3.04. The third-order valence-electron chi connectivity index (χ3n) is 4.35. The van der Waals surface area contributed by atoms with E-state index >= 15 is 0 Å². The van der Waals surface area contributed by atoms with Crippen molar-refractivity contribution in [3.8, 4) is 0 Å². The minimum atomic E-state index is -0.353. The smallest absolute Gasteiger partial charge is 0.258 e. The maximum atomic E-state index is 12.4. The standard InChI is InChI=1S/C20H21BrN4O/c1-14-18(16-10-6-3-7-11-16)23-24-19(14)20(26)25-22-13-17(21)12-15-8-4-2-5-9-15/h2-14,18-19,23-24H,1H3,(H,25,26)/b17-12-,22-13+. The summed E-state index contributed by atoms with van der Waals surface area (Å²) in [6, 6.07) is 19.7. The number of carbonyl (C=O) groups is 1. The Labute approximate surface area is 161 Å². The minimum absolute atomic E-state index is 0.0839. The molecule has 0 spiro atoms. The molecule has 0 aliphatic carbocycles. The van der Waals surface area contributed by atoms with Crippen LogP contribution >= 0.6 is 15.9 Å². The number of hydrazine groups is 1. The Morgan fingerprint density at radius 1 is 1.08 bits per heavy atom. The van der Waals surface area contributed by atoms with Gasteiger partial charge in [-0.1, -0.05) is 67.6 Å². The molecule has 3 rings (SSSR count). The molecule has 26 heavy (non-hydrogen) atoms. The van der Waals surface area contributed by atoms with E-state index in [1.54, 1.807) is 6.21 Å². The lowest BCUT2D eigenvalue weighted by Crippen LogP contribution is -2.43. The zero-order valence-electron chi connectivity index (χ0n) is 14.4. The molecule has 1 heterocycles. The third kappa shape index (κ3) is 4.66. The number of allylic oxidation sites excluding steroid dienone is 1. The maximum absolute atomic E-state index is 12.4. The number of benzene rings is 2. The van der Waals surface area contributed by atoms with E-state index in [9.17, 15) is 4.79 Å². The van der Waals surface area contributed by atoms with Crippen LogP contribution in [0, 0.1) is 5.92 Å². The van der Waals surface area contributed by atoms with Crippen molar-refractivity contribution in [3.63, 3.8) is 0 Å². The van der Waals surface area contributed by atoms with Crippen LogP contribution in [0.1, 0.15) is 24.1 Å². The van der Waals surface area contributed by atoms with Crippen LogP contribution in [0.2, 0.25) is 0 Å². The van der Waals surface area contributed by atoms with Crippen LogP contribution in [0.25, 0.3) is 6.08 Å². The Morgan fingerprint density at radius 2 is 1.73 bits per heavy atom. The first-order valence-corrected chi connectivity index (χ1v) is 9.25. The third-order valence-corrected chi connectivity index (χ3v) is 4.79. The van der Waals surface area contributed by atoms with Crippen molar-refractivity contribution in [1.29, 1.82) is 0 Å². The van der Waals surface area contributed by atoms with E-state index in [0.29, 0.717) is 0 Å². The molecule has 5 nitrogen and oxygen atoms in total. The highest BCUT2D eigenvalue weighted by molar-refractivity contribution is 9.12. The van der Waals surface area contributed by atoms with Crippen LogP contribution in [-0.2, 0) is 4.79 Å². The molecule has 1 amide bonds. The van der Waals surface area contributed by atoms with Crippen molar-refractivity contribution in [3.05, 3.63) is 76.3 Å². The Bertz CT molecular complexity index is 792. The van der Waals surface area contributed by atoms with Crippen molar-refractivity contribution in [2.24, 2.45) is 11.0 Å². The average molecular weight is 413 g/mol. The number of carbonyl (C=O) groups excluding carboxylic acids is 1. The molecule has 1 aliphatic rings. The molecular weight excluding hydrogens is 392 g/mol. The van der Waals surface area contributed by atoms with Gasteiger partial charge in [-0.3, -0.25) is 4.79 Å². The molecule has 0 aromatic heterocycles. The quantitative estimate of drug-likeness (QED) is 0.520. The lowest BCUT2D eigenvalue weighted by atomic mass is 9.91. The molecule has 2 aromatic rings. The summed E-state index contributed by atoms with van der Waals surface area (Å²) in [7, 11) is 0. The first-order valence-electron chi connectivity index (χ1n) is 8.46. The fourth-order valence-electron chi connectivity index (χ4n) is 2.96. The zero-order chi connectivity index (χ0) is 18.4. The topological polar surface area (TPSA) is 65.5 Å². The lowest BCUT2D eigenvalue weighted by Gasteiger charge is -2.17. The van der Waals surface area contributed by atoms with Crippen LogP contribution < -0.4 is 16.3 Å². The van der Waals surface area contributed by atoms with Crippen LogP contribution in [-0.4, -0.2) is 18.2 Å². The van der Waals surface area contributed by atoms with Crippen molar-refractivity contribution in [2.45, 2.75) is 19.0 Å². The molecule has 1 fully saturated rings. The van der Waals surface area contributed by atoms with E-state index < -0.39 is 0 Å². The molecule has 0 radical (unpaired) electrons. The van der Waals surface area contributed by atoms with E-state index in [0.717, 1.165) is 15.6 Å². The second-order valence-corrected chi connectivity index (χ2v) is 7.10. The van der Waals surface area contributed by atoms with Gasteiger partial charge in [0, 0.05) is 10.4 Å². The number of amides is 1. The van der Waals surface area contributed by atoms with E-state index in [2.05, 4.69) is 49.4 Å². The molecule has 134 valence electrons. The normalized spacial score (nSPS) is 23.3. The number of rotatable bonds is 5. The Morgan fingerprint density at radius 3 is 2.42 bits per heavy atom. The molecule has 3 N–H and O–H groups in total. The summed E-state index contributed by atoms with van der Waals surface area (Å²) in [6.07, 6.45) is 3.51. The predicted octanol–water partition coefficient (Wildman–Crippen LogP) is 3.38. The molecule has 3 unspecified atom stereocenters. The molecular formula is C20H21BrN4O. The van der Waals surface area contributed by atoms with Gasteiger partial charge in [-0.05, 0) is 33.1 Å². The lowest BCUT2D eigenvalue weighted by molar-refractivity contribution is -0.123. The van der Waals surface area contributed by atoms with Gasteiger partial charge in [0.25, 0.3) is 5.91 Å². The molecule has 1 aliphatic heterocycles. The summed E-state index contributed by atoms with van der Waals surface area (Å²) >= 11 is 3.43. The highest BCUT2D eigenvalue weighted by atomic mass is 79.9. The number of hydrazone groups is 1. The Hall–Kier alpha value is -2.28. The summed E-state index contributed by atoms with van der Waals surface area (Å²) in [6.45, 7) is 2.05. The van der Waals surface area contributed by atoms with Gasteiger partial charge in [-0.25, -0.2) is 16.3 Å². The van der Waals surface area contributed by atoms with E-state index in [4.69, 9.17) is 0 Å². The maximum Gasteiger partial charge on any atom is 0.258 e. The molecule has 6 heteroatoms. The van der Waals surface area contributed by atoms with Crippen molar-refractivity contribution in [1.82, 2.24) is 16.3 Å². The van der Waals surface area contributed by atoms with Gasteiger partial charge in [-0.2, -0.15) is 5.10 Å². The number of hydrogen-bond donors (Lipinski definition) is 3.